The maximum absolute atomic E-state index is 14.5. The predicted octanol–water partition coefficient (Wildman–Crippen LogP) is 3.07. The van der Waals surface area contributed by atoms with Crippen LogP contribution in [0.3, 0.4) is 0 Å². The molecule has 2 heterocycles. The van der Waals surface area contributed by atoms with Crippen molar-refractivity contribution in [1.82, 2.24) is 10.3 Å². The first-order valence-electron chi connectivity index (χ1n) is 6.24. The van der Waals surface area contributed by atoms with Crippen molar-refractivity contribution in [1.29, 1.82) is 0 Å². The third kappa shape index (κ3) is 3.26. The summed E-state index contributed by atoms with van der Waals surface area (Å²) in [7, 11) is 0. The minimum absolute atomic E-state index is 0.0586. The summed E-state index contributed by atoms with van der Waals surface area (Å²) in [6.45, 7) is 7.83. The lowest BCUT2D eigenvalue weighted by Crippen LogP contribution is -2.43. The zero-order valence-electron chi connectivity index (χ0n) is 10.8. The Bertz CT molecular complexity index is 375. The van der Waals surface area contributed by atoms with Crippen molar-refractivity contribution >= 4 is 11.3 Å². The first kappa shape index (κ1) is 13.0. The van der Waals surface area contributed by atoms with E-state index in [-0.39, 0.29) is 5.41 Å². The smallest absolute Gasteiger partial charge is 0.129 e. The number of rotatable bonds is 2. The van der Waals surface area contributed by atoms with Gasteiger partial charge in [0.25, 0.3) is 0 Å². The van der Waals surface area contributed by atoms with Gasteiger partial charge >= 0.3 is 0 Å². The predicted molar refractivity (Wildman–Crippen MR) is 70.5 cm³/mol. The summed E-state index contributed by atoms with van der Waals surface area (Å²) >= 11 is 1.59. The molecule has 0 saturated carbocycles. The van der Waals surface area contributed by atoms with Gasteiger partial charge in [-0.25, -0.2) is 9.37 Å². The molecule has 1 unspecified atom stereocenters. The number of nitrogens with zero attached hydrogens (tertiary/aromatic N) is 1. The summed E-state index contributed by atoms with van der Waals surface area (Å²) < 4.78 is 14.5. The van der Waals surface area contributed by atoms with Crippen molar-refractivity contribution in [3.05, 3.63) is 16.1 Å². The van der Waals surface area contributed by atoms with E-state index in [1.807, 2.05) is 0 Å². The highest BCUT2D eigenvalue weighted by molar-refractivity contribution is 7.09. The van der Waals surface area contributed by atoms with Gasteiger partial charge in [-0.15, -0.1) is 11.3 Å². The monoisotopic (exact) mass is 256 g/mol. The molecule has 96 valence electrons. The van der Waals surface area contributed by atoms with E-state index in [1.165, 1.54) is 0 Å². The van der Waals surface area contributed by atoms with E-state index in [0.717, 1.165) is 23.7 Å². The quantitative estimate of drug-likeness (QED) is 0.879. The van der Waals surface area contributed by atoms with Crippen LogP contribution in [0, 0.1) is 0 Å². The van der Waals surface area contributed by atoms with Gasteiger partial charge in [-0.3, -0.25) is 0 Å². The van der Waals surface area contributed by atoms with Crippen LogP contribution in [0.15, 0.2) is 5.38 Å². The third-order valence-electron chi connectivity index (χ3n) is 3.21. The van der Waals surface area contributed by atoms with Crippen molar-refractivity contribution in [3.8, 4) is 0 Å². The lowest BCUT2D eigenvalue weighted by molar-refractivity contribution is 0.122. The molecule has 1 aliphatic heterocycles. The molecule has 0 bridgehead atoms. The lowest BCUT2D eigenvalue weighted by Gasteiger charge is -2.29. The molecule has 17 heavy (non-hydrogen) atoms. The molecule has 1 aliphatic rings. The van der Waals surface area contributed by atoms with Crippen molar-refractivity contribution in [2.24, 2.45) is 0 Å². The van der Waals surface area contributed by atoms with Gasteiger partial charge in [0.15, 0.2) is 0 Å². The molecule has 0 spiro atoms. The van der Waals surface area contributed by atoms with E-state index in [0.29, 0.717) is 19.4 Å². The minimum Gasteiger partial charge on any atom is -0.314 e. The molecule has 1 aromatic heterocycles. The average Bonchev–Trinajstić information content (AvgIpc) is 2.66. The van der Waals surface area contributed by atoms with E-state index < -0.39 is 5.67 Å². The molecule has 1 saturated heterocycles. The van der Waals surface area contributed by atoms with Crippen LogP contribution in [0.4, 0.5) is 4.39 Å². The van der Waals surface area contributed by atoms with Gasteiger partial charge in [-0.2, -0.15) is 0 Å². The molecule has 4 heteroatoms. The summed E-state index contributed by atoms with van der Waals surface area (Å²) in [5, 5.41) is 6.13. The Morgan fingerprint density at radius 2 is 2.29 bits per heavy atom. The SMILES string of the molecule is CC(C)(C)c1csc(CC2(F)CCCNC2)n1. The maximum atomic E-state index is 14.5. The second kappa shape index (κ2) is 4.65. The van der Waals surface area contributed by atoms with Gasteiger partial charge in [-0.05, 0) is 19.4 Å². The fourth-order valence-corrected chi connectivity index (χ4v) is 3.24. The number of thiazole rings is 1. The van der Waals surface area contributed by atoms with Crippen LogP contribution in [0.2, 0.25) is 0 Å². The van der Waals surface area contributed by atoms with Crippen molar-refractivity contribution in [2.45, 2.75) is 51.1 Å². The van der Waals surface area contributed by atoms with Gasteiger partial charge in [0.1, 0.15) is 5.67 Å². The molecule has 1 atom stereocenters. The van der Waals surface area contributed by atoms with Crippen LogP contribution in [0.25, 0.3) is 0 Å². The Balaban J connectivity index is 2.06. The second-order valence-electron chi connectivity index (χ2n) is 5.98. The van der Waals surface area contributed by atoms with E-state index in [1.54, 1.807) is 11.3 Å². The van der Waals surface area contributed by atoms with Gasteiger partial charge in [0.05, 0.1) is 10.7 Å². The molecular weight excluding hydrogens is 235 g/mol. The number of nitrogens with one attached hydrogen (secondary N) is 1. The van der Waals surface area contributed by atoms with E-state index in [4.69, 9.17) is 0 Å². The van der Waals surface area contributed by atoms with Crippen LogP contribution in [-0.2, 0) is 11.8 Å². The highest BCUT2D eigenvalue weighted by atomic mass is 32.1. The number of hydrogen-bond donors (Lipinski definition) is 1. The Morgan fingerprint density at radius 3 is 2.82 bits per heavy atom. The third-order valence-corrected chi connectivity index (χ3v) is 4.06. The zero-order valence-corrected chi connectivity index (χ0v) is 11.7. The Morgan fingerprint density at radius 1 is 1.53 bits per heavy atom. The fraction of sp³-hybridized carbons (Fsp3) is 0.769. The van der Waals surface area contributed by atoms with Crippen LogP contribution >= 0.6 is 11.3 Å². The molecule has 1 N–H and O–H groups in total. The summed E-state index contributed by atoms with van der Waals surface area (Å²) in [5.74, 6) is 0. The first-order chi connectivity index (χ1) is 7.89. The Kier molecular flexibility index (Phi) is 3.55. The standard InChI is InChI=1S/C13H21FN2S/c1-12(2,3)10-8-17-11(16-10)7-13(14)5-4-6-15-9-13/h8,15H,4-7,9H2,1-3H3. The number of alkyl halides is 1. The molecule has 1 fully saturated rings. The van der Waals surface area contributed by atoms with Gasteiger partial charge < -0.3 is 5.32 Å². The maximum Gasteiger partial charge on any atom is 0.129 e. The van der Waals surface area contributed by atoms with Gasteiger partial charge in [0.2, 0.25) is 0 Å². The molecule has 0 aliphatic carbocycles. The average molecular weight is 256 g/mol. The summed E-state index contributed by atoms with van der Waals surface area (Å²) in [5.41, 5.74) is 0.0405. The number of piperidine rings is 1. The fourth-order valence-electron chi connectivity index (χ4n) is 2.09. The molecule has 2 rings (SSSR count). The molecule has 0 aromatic carbocycles. The van der Waals surface area contributed by atoms with Crippen molar-refractivity contribution in [3.63, 3.8) is 0 Å². The van der Waals surface area contributed by atoms with Crippen LogP contribution in [-0.4, -0.2) is 23.7 Å². The van der Waals surface area contributed by atoms with Crippen LogP contribution < -0.4 is 5.32 Å². The van der Waals surface area contributed by atoms with Crippen LogP contribution in [0.1, 0.15) is 44.3 Å². The number of hydrogen-bond acceptors (Lipinski definition) is 3. The first-order valence-corrected chi connectivity index (χ1v) is 7.12. The van der Waals surface area contributed by atoms with Crippen molar-refractivity contribution < 1.29 is 4.39 Å². The minimum atomic E-state index is -1.09. The Labute approximate surface area is 107 Å². The lowest BCUT2D eigenvalue weighted by atomic mass is 9.92. The highest BCUT2D eigenvalue weighted by Gasteiger charge is 2.33. The highest BCUT2D eigenvalue weighted by Crippen LogP contribution is 2.29. The number of aromatic nitrogens is 1. The topological polar surface area (TPSA) is 24.9 Å². The van der Waals surface area contributed by atoms with Gasteiger partial charge in [-0.1, -0.05) is 20.8 Å². The van der Waals surface area contributed by atoms with Gasteiger partial charge in [0, 0.05) is 23.8 Å². The normalized spacial score (nSPS) is 26.1. The molecule has 2 nitrogen and oxygen atoms in total. The van der Waals surface area contributed by atoms with E-state index in [2.05, 4.69) is 36.5 Å². The largest absolute Gasteiger partial charge is 0.314 e. The second-order valence-corrected chi connectivity index (χ2v) is 6.93. The molecule has 0 amide bonds. The van der Waals surface area contributed by atoms with Crippen molar-refractivity contribution in [2.75, 3.05) is 13.1 Å². The molecular formula is C13H21FN2S. The summed E-state index contributed by atoms with van der Waals surface area (Å²) in [6.07, 6.45) is 2.04. The molecule has 1 aromatic rings. The van der Waals surface area contributed by atoms with E-state index in [9.17, 15) is 4.39 Å². The summed E-state index contributed by atoms with van der Waals surface area (Å²) in [6, 6.07) is 0. The van der Waals surface area contributed by atoms with Crippen LogP contribution in [0.5, 0.6) is 0 Å². The Hall–Kier alpha value is -0.480. The molecule has 0 radical (unpaired) electrons. The zero-order chi connectivity index (χ0) is 12.5. The number of halogens is 1. The summed E-state index contributed by atoms with van der Waals surface area (Å²) in [4.78, 5) is 4.57. The van der Waals surface area contributed by atoms with E-state index >= 15 is 0 Å².